The number of rotatable bonds is 6. The van der Waals surface area contributed by atoms with Crippen molar-refractivity contribution >= 4 is 34.2 Å². The minimum Gasteiger partial charge on any atom is -0.319 e. The van der Waals surface area contributed by atoms with Gasteiger partial charge >= 0.3 is 12.4 Å². The molecule has 1 rings (SSSR count). The smallest absolute Gasteiger partial charge is 0.319 e. The van der Waals surface area contributed by atoms with Crippen LogP contribution in [0.1, 0.15) is 5.56 Å². The number of benzene rings is 1. The van der Waals surface area contributed by atoms with Crippen molar-refractivity contribution in [1.29, 1.82) is 0 Å². The average Bonchev–Trinajstić information content (AvgIpc) is 2.36. The van der Waals surface area contributed by atoms with Crippen LogP contribution < -0.4 is 0 Å². The summed E-state index contributed by atoms with van der Waals surface area (Å²) >= 11 is 7.97. The Balaban J connectivity index is 2.84. The Labute approximate surface area is 136 Å². The number of hydrogen-bond donors (Lipinski definition) is 0. The van der Waals surface area contributed by atoms with Gasteiger partial charge in [-0.15, -0.1) is 0 Å². The zero-order valence-corrected chi connectivity index (χ0v) is 14.0. The second kappa shape index (κ2) is 7.61. The highest BCUT2D eigenvalue weighted by molar-refractivity contribution is 9.10. The zero-order chi connectivity index (χ0) is 17.0. The van der Waals surface area contributed by atoms with Crippen LogP contribution in [0.25, 0.3) is 0 Å². The van der Waals surface area contributed by atoms with Crippen LogP contribution in [0.2, 0.25) is 0 Å². The lowest BCUT2D eigenvalue weighted by Gasteiger charge is -2.24. The molecule has 2 nitrogen and oxygen atoms in total. The molecule has 126 valence electrons. The highest BCUT2D eigenvalue weighted by Crippen LogP contribution is 2.53. The molecule has 0 aliphatic rings. The van der Waals surface area contributed by atoms with Crippen LogP contribution in [-0.2, 0) is 27.0 Å². The third-order valence-corrected chi connectivity index (χ3v) is 5.49. The topological polar surface area (TPSA) is 18.5 Å². The molecule has 0 aliphatic heterocycles. The number of hydrogen-bond acceptors (Lipinski definition) is 3. The molecule has 0 aliphatic carbocycles. The first-order valence-electron chi connectivity index (χ1n) is 5.65. The quantitative estimate of drug-likeness (QED) is 0.443. The van der Waals surface area contributed by atoms with Gasteiger partial charge in [0.05, 0.1) is 0 Å². The first-order valence-corrected chi connectivity index (χ1v) is 9.26. The fourth-order valence-electron chi connectivity index (χ4n) is 1.29. The molecule has 0 N–H and O–H groups in total. The maximum atomic E-state index is 12.2. The van der Waals surface area contributed by atoms with E-state index < -0.39 is 32.1 Å². The molecule has 0 bridgehead atoms. The number of alkyl halides is 6. The van der Waals surface area contributed by atoms with Gasteiger partial charge in [0.15, 0.2) is 6.49 Å². The van der Waals surface area contributed by atoms with Gasteiger partial charge in [-0.25, -0.2) is 0 Å². The highest BCUT2D eigenvalue weighted by Gasteiger charge is 2.36. The third kappa shape index (κ3) is 8.47. The summed E-state index contributed by atoms with van der Waals surface area (Å²) in [6.07, 6.45) is -9.74. The molecule has 0 aromatic heterocycles. The van der Waals surface area contributed by atoms with Gasteiger partial charge < -0.3 is 9.05 Å². The summed E-state index contributed by atoms with van der Waals surface area (Å²) in [7, 11) is 0. The van der Waals surface area contributed by atoms with Gasteiger partial charge in [0.1, 0.15) is 13.2 Å². The van der Waals surface area contributed by atoms with Crippen LogP contribution in [0.15, 0.2) is 28.7 Å². The Morgan fingerprint density at radius 1 is 0.909 bits per heavy atom. The second-order valence-electron chi connectivity index (χ2n) is 4.17. The van der Waals surface area contributed by atoms with Crippen LogP contribution in [0.3, 0.4) is 0 Å². The van der Waals surface area contributed by atoms with E-state index in [1.165, 1.54) is 12.1 Å². The summed E-state index contributed by atoms with van der Waals surface area (Å²) in [5.41, 5.74) is 0.427. The molecule has 1 aromatic rings. The molecule has 0 saturated heterocycles. The molecular weight excluding hydrogens is 421 g/mol. The molecule has 1 aromatic carbocycles. The van der Waals surface area contributed by atoms with Gasteiger partial charge in [0.2, 0.25) is 0 Å². The Bertz CT molecular complexity index is 509. The van der Waals surface area contributed by atoms with E-state index in [9.17, 15) is 26.3 Å². The minimum atomic E-state index is -4.70. The maximum absolute atomic E-state index is 12.2. The predicted octanol–water partition coefficient (Wildman–Crippen LogP) is 5.42. The normalized spacial score (nSPS) is 13.4. The van der Waals surface area contributed by atoms with Crippen molar-refractivity contribution in [2.75, 3.05) is 13.2 Å². The van der Waals surface area contributed by atoms with Crippen LogP contribution in [0, 0.1) is 0 Å². The lowest BCUT2D eigenvalue weighted by Crippen LogP contribution is -2.20. The van der Waals surface area contributed by atoms with E-state index >= 15 is 0 Å². The summed E-state index contributed by atoms with van der Waals surface area (Å²) in [4.78, 5) is 0. The molecule has 0 spiro atoms. The van der Waals surface area contributed by atoms with Gasteiger partial charge in [0, 0.05) is 10.6 Å². The van der Waals surface area contributed by atoms with Gasteiger partial charge in [-0.05, 0) is 29.5 Å². The highest BCUT2D eigenvalue weighted by atomic mass is 79.9. The first kappa shape index (κ1) is 19.9. The van der Waals surface area contributed by atoms with Gasteiger partial charge in [0.25, 0.3) is 0 Å². The molecule has 0 amide bonds. The van der Waals surface area contributed by atoms with Crippen LogP contribution >= 0.6 is 22.4 Å². The molecule has 22 heavy (non-hydrogen) atoms. The molecular formula is C11H10BrF6O2PS. The predicted molar refractivity (Wildman–Crippen MR) is 76.1 cm³/mol. The van der Waals surface area contributed by atoms with Crippen molar-refractivity contribution in [2.24, 2.45) is 0 Å². The van der Waals surface area contributed by atoms with E-state index in [1.54, 1.807) is 12.1 Å². The van der Waals surface area contributed by atoms with Crippen LogP contribution in [0.5, 0.6) is 0 Å². The Kier molecular flexibility index (Phi) is 6.88. The summed E-state index contributed by atoms with van der Waals surface area (Å²) in [6.45, 7) is -7.27. The molecule has 0 saturated carbocycles. The molecule has 0 atom stereocenters. The monoisotopic (exact) mass is 430 g/mol. The molecule has 0 fully saturated rings. The SMILES string of the molecule is FC(F)(F)COP(=S)(Cc1ccc(Br)cc1)OCC(F)(F)F. The van der Waals surface area contributed by atoms with Crippen molar-refractivity contribution in [3.05, 3.63) is 34.3 Å². The Morgan fingerprint density at radius 3 is 1.68 bits per heavy atom. The van der Waals surface area contributed by atoms with Crippen molar-refractivity contribution in [1.82, 2.24) is 0 Å². The summed E-state index contributed by atoms with van der Waals surface area (Å²) in [5, 5.41) is 0. The van der Waals surface area contributed by atoms with Crippen molar-refractivity contribution < 1.29 is 35.4 Å². The van der Waals surface area contributed by atoms with E-state index in [0.29, 0.717) is 10.0 Å². The van der Waals surface area contributed by atoms with E-state index in [0.717, 1.165) is 0 Å². The lowest BCUT2D eigenvalue weighted by molar-refractivity contribution is -0.162. The Morgan fingerprint density at radius 2 is 1.32 bits per heavy atom. The molecule has 0 heterocycles. The summed E-state index contributed by atoms with van der Waals surface area (Å²) in [5.74, 6) is 0. The second-order valence-corrected chi connectivity index (χ2v) is 8.81. The van der Waals surface area contributed by atoms with Crippen LogP contribution in [0.4, 0.5) is 26.3 Å². The van der Waals surface area contributed by atoms with Crippen molar-refractivity contribution in [3.63, 3.8) is 0 Å². The maximum Gasteiger partial charge on any atom is 0.412 e. The zero-order valence-electron chi connectivity index (χ0n) is 10.7. The van der Waals surface area contributed by atoms with Crippen LogP contribution in [-0.4, -0.2) is 25.6 Å². The summed E-state index contributed by atoms with van der Waals surface area (Å²) < 4.78 is 83.0. The fourth-order valence-corrected chi connectivity index (χ4v) is 3.91. The molecule has 11 heteroatoms. The standard InChI is InChI=1S/C11H10BrF6O2PS/c12-9-3-1-8(2-4-9)5-21(22,19-6-10(13,14)15)20-7-11(16,17)18/h1-4H,5-7H2. The van der Waals surface area contributed by atoms with Crippen molar-refractivity contribution in [2.45, 2.75) is 18.5 Å². The minimum absolute atomic E-state index is 0.332. The van der Waals surface area contributed by atoms with E-state index in [4.69, 9.17) is 11.8 Å². The van der Waals surface area contributed by atoms with Gasteiger partial charge in [-0.1, -0.05) is 28.1 Å². The van der Waals surface area contributed by atoms with E-state index in [-0.39, 0.29) is 6.16 Å². The lowest BCUT2D eigenvalue weighted by atomic mass is 10.2. The number of halogens is 7. The molecule has 0 unspecified atom stereocenters. The summed E-state index contributed by atoms with van der Waals surface area (Å²) in [6, 6.07) is 6.20. The van der Waals surface area contributed by atoms with E-state index in [2.05, 4.69) is 25.0 Å². The average molecular weight is 431 g/mol. The van der Waals surface area contributed by atoms with E-state index in [1.807, 2.05) is 0 Å². The fraction of sp³-hybridized carbons (Fsp3) is 0.455. The van der Waals surface area contributed by atoms with Crippen molar-refractivity contribution in [3.8, 4) is 0 Å². The molecule has 0 radical (unpaired) electrons. The third-order valence-electron chi connectivity index (χ3n) is 2.14. The van der Waals surface area contributed by atoms with Gasteiger partial charge in [-0.3, -0.25) is 0 Å². The van der Waals surface area contributed by atoms with Gasteiger partial charge in [-0.2, -0.15) is 26.3 Å². The Hall–Kier alpha value is -0.150. The largest absolute Gasteiger partial charge is 0.412 e. The first-order chi connectivity index (χ1) is 9.89.